The number of rotatable bonds is 6. The van der Waals surface area contributed by atoms with Crippen LogP contribution in [0.1, 0.15) is 39.0 Å². The lowest BCUT2D eigenvalue weighted by molar-refractivity contribution is -0.158. The van der Waals surface area contributed by atoms with Crippen LogP contribution in [0.15, 0.2) is 47.0 Å². The Morgan fingerprint density at radius 1 is 1.10 bits per heavy atom. The van der Waals surface area contributed by atoms with E-state index in [4.69, 9.17) is 21.1 Å². The molecule has 4 aliphatic heterocycles. The highest BCUT2D eigenvalue weighted by molar-refractivity contribution is 9.11. The molecule has 1 aromatic rings. The number of nitrogens with one attached hydrogen (secondary N) is 1. The van der Waals surface area contributed by atoms with E-state index in [1.54, 1.807) is 47.1 Å². The number of hydrogen-bond acceptors (Lipinski definition) is 7. The van der Waals surface area contributed by atoms with Crippen molar-refractivity contribution >= 4 is 56.9 Å². The largest absolute Gasteiger partial charge is 0.460 e. The number of allylic oxidation sites excluding steroid dienone is 1. The summed E-state index contributed by atoms with van der Waals surface area (Å²) >= 11 is 9.69. The van der Waals surface area contributed by atoms with Crippen LogP contribution in [0.25, 0.3) is 0 Å². The van der Waals surface area contributed by atoms with Crippen LogP contribution in [0, 0.1) is 11.8 Å². The van der Waals surface area contributed by atoms with Gasteiger partial charge in [-0.2, -0.15) is 0 Å². The molecule has 4 aliphatic rings. The zero-order valence-electron chi connectivity index (χ0n) is 23.3. The fourth-order valence-electron chi connectivity index (χ4n) is 6.34. The second kappa shape index (κ2) is 12.9. The molecule has 3 amide bonds. The monoisotopic (exact) mass is 663 g/mol. The smallest absolute Gasteiger partial charge is 0.313 e. The second-order valence-electron chi connectivity index (χ2n) is 11.1. The number of unbranched alkanes of at least 4 members (excludes halogenated alkanes) is 2. The number of carbonyl (C=O) groups excluding carboxylic acids is 4. The third-order valence-corrected chi connectivity index (χ3v) is 9.22. The highest BCUT2D eigenvalue weighted by Gasteiger charge is 2.74. The van der Waals surface area contributed by atoms with Gasteiger partial charge in [0.25, 0.3) is 5.91 Å². The summed E-state index contributed by atoms with van der Waals surface area (Å²) in [6.07, 6.45) is 6.54. The number of likely N-dealkylation sites (tertiary alicyclic amines) is 1. The summed E-state index contributed by atoms with van der Waals surface area (Å²) in [7, 11) is 0. The standard InChI is InChI=1S/C30H35BrClN3O7/c1-18-17-33-22(37)8-4-2-5-13-34(20-11-9-19(32)10-12-20)28(39)26-30-16-21(31)25(42-30)23(29(40)41-18)24(30)27(38)35(26)14-6-3-7-15-36/h2,5,9-12,16,18,23-26,36H,3-4,6-8,13-15,17H2,1H3,(H,33,37)/b5-2-/t18-,23+,24-,25+,26+,30-/m1/s1. The van der Waals surface area contributed by atoms with Crippen molar-refractivity contribution in [2.24, 2.45) is 11.8 Å². The van der Waals surface area contributed by atoms with Gasteiger partial charge in [0.05, 0.1) is 12.5 Å². The zero-order valence-corrected chi connectivity index (χ0v) is 25.7. The van der Waals surface area contributed by atoms with Gasteiger partial charge in [-0.05, 0) is 62.9 Å². The van der Waals surface area contributed by atoms with Gasteiger partial charge in [0.1, 0.15) is 29.8 Å². The van der Waals surface area contributed by atoms with E-state index in [2.05, 4.69) is 21.2 Å². The molecule has 1 aromatic carbocycles. The zero-order chi connectivity index (χ0) is 30.0. The second-order valence-corrected chi connectivity index (χ2v) is 12.5. The number of carbonyl (C=O) groups is 4. The van der Waals surface area contributed by atoms with E-state index < -0.39 is 41.7 Å². The molecule has 0 aromatic heterocycles. The molecule has 2 N–H and O–H groups in total. The van der Waals surface area contributed by atoms with E-state index >= 15 is 0 Å². The summed E-state index contributed by atoms with van der Waals surface area (Å²) in [6, 6.07) is 5.81. The van der Waals surface area contributed by atoms with Gasteiger partial charge in [-0.1, -0.05) is 39.7 Å². The van der Waals surface area contributed by atoms with Gasteiger partial charge in [-0.25, -0.2) is 0 Å². The lowest BCUT2D eigenvalue weighted by atomic mass is 9.74. The molecule has 0 saturated carbocycles. The minimum Gasteiger partial charge on any atom is -0.460 e. The average Bonchev–Trinajstić information content (AvgIpc) is 3.55. The van der Waals surface area contributed by atoms with Crippen molar-refractivity contribution in [3.05, 3.63) is 52.0 Å². The van der Waals surface area contributed by atoms with E-state index in [1.807, 2.05) is 12.2 Å². The molecule has 0 radical (unpaired) electrons. The number of nitrogens with zero attached hydrogens (tertiary/aromatic N) is 2. The predicted octanol–water partition coefficient (Wildman–Crippen LogP) is 3.11. The normalized spacial score (nSPS) is 32.5. The number of esters is 1. The third kappa shape index (κ3) is 5.76. The van der Waals surface area contributed by atoms with Gasteiger partial charge < -0.3 is 29.7 Å². The average molecular weight is 665 g/mol. The highest BCUT2D eigenvalue weighted by atomic mass is 79.9. The van der Waals surface area contributed by atoms with Crippen LogP contribution in [0.2, 0.25) is 5.02 Å². The van der Waals surface area contributed by atoms with E-state index in [0.29, 0.717) is 40.9 Å². The van der Waals surface area contributed by atoms with Crippen molar-refractivity contribution in [3.8, 4) is 0 Å². The Morgan fingerprint density at radius 2 is 1.86 bits per heavy atom. The van der Waals surface area contributed by atoms with Crippen LogP contribution in [0.4, 0.5) is 5.69 Å². The molecule has 4 heterocycles. The molecule has 10 nitrogen and oxygen atoms in total. The first kappa shape index (κ1) is 30.7. The summed E-state index contributed by atoms with van der Waals surface area (Å²) in [5.74, 6) is -3.42. The SMILES string of the molecule is C[C@@H]1CNC(=O)CC/C=C\CN(c2ccc(Cl)cc2)C(=O)[C@@H]2N(CCCCCO)C(=O)[C@H]3[C@H](C(=O)O1)[C@H]1O[C@@]23C=C1Br. The van der Waals surface area contributed by atoms with Crippen LogP contribution in [0.3, 0.4) is 0 Å². The lowest BCUT2D eigenvalue weighted by Gasteiger charge is -2.36. The van der Waals surface area contributed by atoms with Crippen molar-refractivity contribution in [3.63, 3.8) is 0 Å². The third-order valence-electron chi connectivity index (χ3n) is 8.29. The molecule has 0 unspecified atom stereocenters. The Bertz CT molecular complexity index is 1290. The number of halogens is 2. The summed E-state index contributed by atoms with van der Waals surface area (Å²) in [5, 5.41) is 12.6. The molecule has 5 rings (SSSR count). The summed E-state index contributed by atoms with van der Waals surface area (Å²) in [4.78, 5) is 57.9. The van der Waals surface area contributed by atoms with Gasteiger partial charge in [0, 0.05) is 41.3 Å². The molecule has 2 saturated heterocycles. The molecule has 42 heavy (non-hydrogen) atoms. The Kier molecular flexibility index (Phi) is 9.41. The molecule has 226 valence electrons. The van der Waals surface area contributed by atoms with Crippen LogP contribution in [-0.2, 0) is 28.7 Å². The van der Waals surface area contributed by atoms with Gasteiger partial charge in [-0.15, -0.1) is 0 Å². The summed E-state index contributed by atoms with van der Waals surface area (Å²) in [6.45, 7) is 2.30. The minimum atomic E-state index is -1.38. The molecule has 0 aliphatic carbocycles. The Labute approximate surface area is 258 Å². The summed E-state index contributed by atoms with van der Waals surface area (Å²) in [5.41, 5.74) is -0.796. The number of aliphatic hydroxyl groups is 1. The van der Waals surface area contributed by atoms with Crippen molar-refractivity contribution in [2.45, 2.75) is 62.9 Å². The maximum atomic E-state index is 14.7. The van der Waals surface area contributed by atoms with Crippen molar-refractivity contribution in [1.29, 1.82) is 0 Å². The Hall–Kier alpha value is -2.73. The van der Waals surface area contributed by atoms with Crippen LogP contribution in [0.5, 0.6) is 0 Å². The molecule has 6 atom stereocenters. The predicted molar refractivity (Wildman–Crippen MR) is 159 cm³/mol. The first-order valence-corrected chi connectivity index (χ1v) is 15.5. The maximum absolute atomic E-state index is 14.7. The van der Waals surface area contributed by atoms with Gasteiger partial charge in [-0.3, -0.25) is 19.2 Å². The fourth-order valence-corrected chi connectivity index (χ4v) is 7.21. The molecule has 12 heteroatoms. The van der Waals surface area contributed by atoms with E-state index in [1.165, 1.54) is 0 Å². The Balaban J connectivity index is 1.59. The number of hydrogen-bond donors (Lipinski definition) is 2. The maximum Gasteiger partial charge on any atom is 0.313 e. The molecular formula is C30H35BrClN3O7. The van der Waals surface area contributed by atoms with Crippen molar-refractivity contribution in [1.82, 2.24) is 10.2 Å². The van der Waals surface area contributed by atoms with Gasteiger partial charge in [0.2, 0.25) is 11.8 Å². The quantitative estimate of drug-likeness (QED) is 0.272. The topological polar surface area (TPSA) is 125 Å². The first-order valence-electron chi connectivity index (χ1n) is 14.3. The molecule has 2 fully saturated rings. The summed E-state index contributed by atoms with van der Waals surface area (Å²) < 4.78 is 12.8. The van der Waals surface area contributed by atoms with Crippen LogP contribution in [-0.4, -0.2) is 83.8 Å². The van der Waals surface area contributed by atoms with E-state index in [9.17, 15) is 24.3 Å². The molecular weight excluding hydrogens is 630 g/mol. The van der Waals surface area contributed by atoms with Crippen LogP contribution < -0.4 is 10.2 Å². The highest BCUT2D eigenvalue weighted by Crippen LogP contribution is 2.59. The number of cyclic esters (lactones) is 1. The first-order chi connectivity index (χ1) is 20.2. The van der Waals surface area contributed by atoms with Crippen molar-refractivity contribution in [2.75, 3.05) is 31.1 Å². The lowest BCUT2D eigenvalue weighted by Crippen LogP contribution is -2.56. The number of ether oxygens (including phenoxy) is 2. The number of aliphatic hydroxyl groups excluding tert-OH is 1. The van der Waals surface area contributed by atoms with E-state index in [0.717, 1.165) is 0 Å². The fraction of sp³-hybridized carbons (Fsp3) is 0.533. The number of amides is 3. The Morgan fingerprint density at radius 3 is 2.60 bits per heavy atom. The van der Waals surface area contributed by atoms with Gasteiger partial charge >= 0.3 is 5.97 Å². The van der Waals surface area contributed by atoms with Crippen molar-refractivity contribution < 1.29 is 33.8 Å². The molecule has 5 bridgehead atoms. The number of benzene rings is 1. The molecule has 1 spiro atoms. The number of anilines is 1. The van der Waals surface area contributed by atoms with Gasteiger partial charge in [0.15, 0.2) is 0 Å². The number of fused-ring (bicyclic) bond motifs is 2. The van der Waals surface area contributed by atoms with Crippen LogP contribution >= 0.6 is 27.5 Å². The van der Waals surface area contributed by atoms with E-state index in [-0.39, 0.29) is 50.4 Å². The minimum absolute atomic E-state index is 0.0343.